The van der Waals surface area contributed by atoms with E-state index in [0.29, 0.717) is 11.4 Å². The van der Waals surface area contributed by atoms with Gasteiger partial charge in [-0.1, -0.05) is 0 Å². The van der Waals surface area contributed by atoms with Crippen LogP contribution in [0.5, 0.6) is 5.75 Å². The number of ether oxygens (including phenoxy) is 1. The minimum atomic E-state index is -3.38. The fraction of sp³-hybridized carbons (Fsp3) is 0.300. The van der Waals surface area contributed by atoms with Crippen molar-refractivity contribution in [1.82, 2.24) is 0 Å². The normalized spacial score (nSPS) is 18.2. The summed E-state index contributed by atoms with van der Waals surface area (Å²) in [5.74, 6) is 0.0600. The number of benzene rings is 1. The van der Waals surface area contributed by atoms with Crippen LogP contribution >= 0.6 is 0 Å². The van der Waals surface area contributed by atoms with E-state index in [1.54, 1.807) is 6.07 Å². The predicted molar refractivity (Wildman–Crippen MR) is 58.3 cm³/mol. The lowest BCUT2D eigenvalue weighted by Crippen LogP contribution is -2.11. The van der Waals surface area contributed by atoms with Gasteiger partial charge in [0.2, 0.25) is 5.91 Å². The van der Waals surface area contributed by atoms with Crippen LogP contribution in [-0.2, 0) is 14.6 Å². The number of fused-ring (bicyclic) bond motifs is 1. The number of carbonyl (C=O) groups excluding carboxylic acids is 1. The van der Waals surface area contributed by atoms with E-state index in [-0.39, 0.29) is 23.0 Å². The van der Waals surface area contributed by atoms with Crippen molar-refractivity contribution in [2.24, 2.45) is 0 Å². The van der Waals surface area contributed by atoms with Crippen LogP contribution in [0.25, 0.3) is 0 Å². The molecule has 0 bridgehead atoms. The number of anilines is 1. The summed E-state index contributed by atoms with van der Waals surface area (Å²) >= 11 is 0. The number of hydrogen-bond donors (Lipinski definition) is 1. The van der Waals surface area contributed by atoms with Gasteiger partial charge >= 0.3 is 0 Å². The molecule has 0 unspecified atom stereocenters. The van der Waals surface area contributed by atoms with Gasteiger partial charge in [-0.25, -0.2) is 8.42 Å². The first-order valence-electron chi connectivity index (χ1n) is 4.73. The Morgan fingerprint density at radius 2 is 2.12 bits per heavy atom. The van der Waals surface area contributed by atoms with Crippen LogP contribution in [0.1, 0.15) is 6.42 Å². The van der Waals surface area contributed by atoms with Crippen molar-refractivity contribution in [3.8, 4) is 5.75 Å². The zero-order valence-corrected chi connectivity index (χ0v) is 9.50. The highest BCUT2D eigenvalue weighted by Crippen LogP contribution is 2.29. The predicted octanol–water partition coefficient (Wildman–Crippen LogP) is 0.811. The molecule has 0 spiro atoms. The minimum absolute atomic E-state index is 0.0146. The van der Waals surface area contributed by atoms with Gasteiger partial charge in [0.05, 0.1) is 23.4 Å². The van der Waals surface area contributed by atoms with Gasteiger partial charge in [-0.3, -0.25) is 4.79 Å². The van der Waals surface area contributed by atoms with Crippen LogP contribution in [0.4, 0.5) is 5.69 Å². The third kappa shape index (κ3) is 1.88. The number of hydrogen-bond acceptors (Lipinski definition) is 4. The van der Waals surface area contributed by atoms with E-state index < -0.39 is 9.84 Å². The molecule has 0 atom stereocenters. The summed E-state index contributed by atoms with van der Waals surface area (Å²) < 4.78 is 28.6. The molecule has 0 fully saturated rings. The second kappa shape index (κ2) is 3.79. The number of nitrogens with one attached hydrogen (secondary N) is 1. The van der Waals surface area contributed by atoms with Crippen molar-refractivity contribution in [2.45, 2.75) is 11.3 Å². The van der Waals surface area contributed by atoms with Gasteiger partial charge in [-0.2, -0.15) is 0 Å². The number of rotatable bonds is 1. The Morgan fingerprint density at radius 3 is 2.81 bits per heavy atom. The molecule has 1 aromatic rings. The van der Waals surface area contributed by atoms with E-state index in [9.17, 15) is 13.2 Å². The van der Waals surface area contributed by atoms with Gasteiger partial charge in [0.15, 0.2) is 9.84 Å². The second-order valence-corrected chi connectivity index (χ2v) is 5.56. The number of carbonyl (C=O) groups is 1. The molecular formula is C10H11NO4S. The molecule has 1 N–H and O–H groups in total. The maximum absolute atomic E-state index is 11.8. The van der Waals surface area contributed by atoms with Crippen molar-refractivity contribution in [3.63, 3.8) is 0 Å². The lowest BCUT2D eigenvalue weighted by atomic mass is 10.3. The number of methoxy groups -OCH3 is 1. The Balaban J connectivity index is 2.60. The molecule has 5 nitrogen and oxygen atoms in total. The van der Waals surface area contributed by atoms with Crippen LogP contribution in [0.15, 0.2) is 23.1 Å². The molecular weight excluding hydrogens is 230 g/mol. The maximum atomic E-state index is 11.8. The second-order valence-electron chi connectivity index (χ2n) is 3.48. The van der Waals surface area contributed by atoms with Crippen LogP contribution in [0, 0.1) is 0 Å². The lowest BCUT2D eigenvalue weighted by Gasteiger charge is -2.08. The highest BCUT2D eigenvalue weighted by molar-refractivity contribution is 7.91. The highest BCUT2D eigenvalue weighted by atomic mass is 32.2. The van der Waals surface area contributed by atoms with E-state index in [4.69, 9.17) is 4.74 Å². The molecule has 86 valence electrons. The van der Waals surface area contributed by atoms with E-state index in [1.165, 1.54) is 19.2 Å². The molecule has 16 heavy (non-hydrogen) atoms. The quantitative estimate of drug-likeness (QED) is 0.789. The number of amides is 1. The third-order valence-corrected chi connectivity index (χ3v) is 4.16. The van der Waals surface area contributed by atoms with Crippen molar-refractivity contribution in [1.29, 1.82) is 0 Å². The summed E-state index contributed by atoms with van der Waals surface area (Å²) in [6, 6.07) is 4.53. The summed E-state index contributed by atoms with van der Waals surface area (Å²) in [7, 11) is -1.89. The molecule has 6 heteroatoms. The topological polar surface area (TPSA) is 72.5 Å². The zero-order valence-electron chi connectivity index (χ0n) is 8.69. The van der Waals surface area contributed by atoms with Crippen molar-refractivity contribution in [3.05, 3.63) is 18.2 Å². The molecule has 0 aromatic heterocycles. The molecule has 1 aromatic carbocycles. The Kier molecular flexibility index (Phi) is 2.59. The van der Waals surface area contributed by atoms with E-state index in [1.807, 2.05) is 0 Å². The fourth-order valence-corrected chi connectivity index (χ4v) is 2.95. The molecule has 0 saturated carbocycles. The van der Waals surface area contributed by atoms with Gasteiger partial charge < -0.3 is 10.1 Å². The summed E-state index contributed by atoms with van der Waals surface area (Å²) in [6.45, 7) is 0. The number of sulfone groups is 1. The van der Waals surface area contributed by atoms with Crippen LogP contribution in [0.3, 0.4) is 0 Å². The lowest BCUT2D eigenvalue weighted by molar-refractivity contribution is -0.115. The van der Waals surface area contributed by atoms with Crippen LogP contribution in [-0.4, -0.2) is 27.2 Å². The van der Waals surface area contributed by atoms with Crippen molar-refractivity contribution >= 4 is 21.4 Å². The van der Waals surface area contributed by atoms with Crippen molar-refractivity contribution < 1.29 is 17.9 Å². The van der Waals surface area contributed by atoms with E-state index in [2.05, 4.69) is 5.32 Å². The SMILES string of the molecule is COc1ccc2c(c1)NC(=O)CCS2(=O)=O. The van der Waals surface area contributed by atoms with Gasteiger partial charge in [0.25, 0.3) is 0 Å². The standard InChI is InChI=1S/C10H11NO4S/c1-15-7-2-3-9-8(6-7)11-10(12)4-5-16(9,13)14/h2-3,6H,4-5H2,1H3,(H,11,12). The fourth-order valence-electron chi connectivity index (χ4n) is 1.55. The Labute approximate surface area is 93.3 Å². The third-order valence-electron chi connectivity index (χ3n) is 2.39. The van der Waals surface area contributed by atoms with Gasteiger partial charge in [0, 0.05) is 12.5 Å². The summed E-state index contributed by atoms with van der Waals surface area (Å²) in [5.41, 5.74) is 0.293. The molecule has 0 saturated heterocycles. The maximum Gasteiger partial charge on any atom is 0.225 e. The van der Waals surface area contributed by atoms with Crippen molar-refractivity contribution in [2.75, 3.05) is 18.2 Å². The molecule has 0 aliphatic carbocycles. The molecule has 1 aliphatic heterocycles. The van der Waals surface area contributed by atoms with Gasteiger partial charge in [-0.15, -0.1) is 0 Å². The molecule has 1 aliphatic rings. The highest BCUT2D eigenvalue weighted by Gasteiger charge is 2.25. The first-order chi connectivity index (χ1) is 7.53. The average Bonchev–Trinajstić information content (AvgIpc) is 2.36. The Morgan fingerprint density at radius 1 is 1.38 bits per heavy atom. The Hall–Kier alpha value is -1.56. The first kappa shape index (κ1) is 10.9. The summed E-state index contributed by atoms with van der Waals surface area (Å²) in [6.07, 6.45) is -0.0146. The van der Waals surface area contributed by atoms with E-state index >= 15 is 0 Å². The minimum Gasteiger partial charge on any atom is -0.497 e. The molecule has 2 rings (SSSR count). The van der Waals surface area contributed by atoms with Gasteiger partial charge in [0.1, 0.15) is 5.75 Å². The van der Waals surface area contributed by atoms with E-state index in [0.717, 1.165) is 0 Å². The summed E-state index contributed by atoms with van der Waals surface area (Å²) in [4.78, 5) is 11.5. The molecule has 1 heterocycles. The molecule has 1 amide bonds. The smallest absolute Gasteiger partial charge is 0.225 e. The monoisotopic (exact) mass is 241 g/mol. The largest absolute Gasteiger partial charge is 0.497 e. The van der Waals surface area contributed by atoms with Gasteiger partial charge in [-0.05, 0) is 12.1 Å². The molecule has 0 radical (unpaired) electrons. The zero-order chi connectivity index (χ0) is 11.8. The average molecular weight is 241 g/mol. The first-order valence-corrected chi connectivity index (χ1v) is 6.39. The summed E-state index contributed by atoms with van der Waals surface area (Å²) in [5, 5.41) is 2.55. The van der Waals surface area contributed by atoms with Crippen LogP contribution in [0.2, 0.25) is 0 Å². The Bertz CT molecular complexity index is 536. The van der Waals surface area contributed by atoms with Crippen LogP contribution < -0.4 is 10.1 Å².